The van der Waals surface area contributed by atoms with Crippen LogP contribution in [-0.2, 0) is 0 Å². The first kappa shape index (κ1) is 19.2. The summed E-state index contributed by atoms with van der Waals surface area (Å²) in [4.78, 5) is 24.9. The number of carbonyl (C=O) groups is 1. The fourth-order valence-corrected chi connectivity index (χ4v) is 4.45. The van der Waals surface area contributed by atoms with E-state index in [-0.39, 0.29) is 5.91 Å². The average molecular weight is 383 g/mol. The molecule has 0 saturated carbocycles. The molecular weight excluding hydrogens is 352 g/mol. The molecule has 2 aromatic rings. The molecule has 1 aromatic carbocycles. The lowest BCUT2D eigenvalue weighted by Gasteiger charge is -2.39. The maximum absolute atomic E-state index is 13.3. The lowest BCUT2D eigenvalue weighted by molar-refractivity contribution is 0.0700. The van der Waals surface area contributed by atoms with E-state index in [1.807, 2.05) is 29.2 Å². The van der Waals surface area contributed by atoms with Gasteiger partial charge in [0.15, 0.2) is 0 Å². The molecule has 28 heavy (non-hydrogen) atoms. The number of ether oxygens (including phenoxy) is 1. The van der Waals surface area contributed by atoms with Crippen LogP contribution in [0.5, 0.6) is 5.88 Å². The molecule has 0 aliphatic carbocycles. The lowest BCUT2D eigenvalue weighted by Crippen LogP contribution is -2.52. The van der Waals surface area contributed by atoms with Gasteiger partial charge in [-0.15, -0.1) is 0 Å². The SMILES string of the molecule is COc1cc(C(=O)N2CCC(N3CCN(C(C)C)CC3)C2)c2ccccc2n1. The topological polar surface area (TPSA) is 48.9 Å². The first-order chi connectivity index (χ1) is 13.6. The van der Waals surface area contributed by atoms with E-state index in [0.29, 0.717) is 23.5 Å². The van der Waals surface area contributed by atoms with Gasteiger partial charge in [0, 0.05) is 62.8 Å². The third-order valence-corrected chi connectivity index (χ3v) is 6.18. The van der Waals surface area contributed by atoms with Crippen LogP contribution in [0.2, 0.25) is 0 Å². The van der Waals surface area contributed by atoms with E-state index >= 15 is 0 Å². The molecule has 3 heterocycles. The van der Waals surface area contributed by atoms with Gasteiger partial charge in [-0.3, -0.25) is 14.6 Å². The smallest absolute Gasteiger partial charge is 0.254 e. The Bertz CT molecular complexity index is 846. The van der Waals surface area contributed by atoms with Crippen LogP contribution in [-0.4, -0.2) is 84.1 Å². The quantitative estimate of drug-likeness (QED) is 0.813. The molecule has 6 heteroatoms. The predicted octanol–water partition coefficient (Wildman–Crippen LogP) is 2.48. The monoisotopic (exact) mass is 382 g/mol. The number of hydrogen-bond donors (Lipinski definition) is 0. The van der Waals surface area contributed by atoms with Crippen molar-refractivity contribution in [2.45, 2.75) is 32.4 Å². The number of methoxy groups -OCH3 is 1. The fourth-order valence-electron chi connectivity index (χ4n) is 4.45. The lowest BCUT2D eigenvalue weighted by atomic mass is 10.1. The van der Waals surface area contributed by atoms with Crippen LogP contribution >= 0.6 is 0 Å². The number of aromatic nitrogens is 1. The van der Waals surface area contributed by atoms with Gasteiger partial charge in [-0.25, -0.2) is 4.98 Å². The molecule has 2 aliphatic heterocycles. The number of rotatable bonds is 4. The molecule has 1 aromatic heterocycles. The Morgan fingerprint density at radius 2 is 1.89 bits per heavy atom. The Kier molecular flexibility index (Phi) is 5.51. The summed E-state index contributed by atoms with van der Waals surface area (Å²) in [6.45, 7) is 10.6. The van der Waals surface area contributed by atoms with Crippen molar-refractivity contribution < 1.29 is 9.53 Å². The highest BCUT2D eigenvalue weighted by molar-refractivity contribution is 6.06. The molecule has 0 radical (unpaired) electrons. The standard InChI is InChI=1S/C22H30N4O2/c1-16(2)24-10-12-25(13-11-24)17-8-9-26(15-17)22(27)19-14-21(28-3)23-20-7-5-4-6-18(19)20/h4-7,14,16-17H,8-13,15H2,1-3H3. The minimum absolute atomic E-state index is 0.0835. The van der Waals surface area contributed by atoms with Gasteiger partial charge in [0.05, 0.1) is 18.2 Å². The number of fused-ring (bicyclic) bond motifs is 1. The molecule has 6 nitrogen and oxygen atoms in total. The Morgan fingerprint density at radius 3 is 2.61 bits per heavy atom. The first-order valence-electron chi connectivity index (χ1n) is 10.3. The van der Waals surface area contributed by atoms with Gasteiger partial charge in [-0.05, 0) is 26.3 Å². The highest BCUT2D eigenvalue weighted by atomic mass is 16.5. The van der Waals surface area contributed by atoms with Gasteiger partial charge in [0.1, 0.15) is 0 Å². The molecule has 2 aliphatic rings. The third-order valence-electron chi connectivity index (χ3n) is 6.18. The molecule has 1 atom stereocenters. The molecule has 0 bridgehead atoms. The molecule has 0 N–H and O–H groups in total. The van der Waals surface area contributed by atoms with Crippen LogP contribution in [0.3, 0.4) is 0 Å². The number of hydrogen-bond acceptors (Lipinski definition) is 5. The minimum atomic E-state index is 0.0835. The van der Waals surface area contributed by atoms with E-state index in [1.54, 1.807) is 13.2 Å². The summed E-state index contributed by atoms with van der Waals surface area (Å²) in [5.74, 6) is 0.572. The fraction of sp³-hybridized carbons (Fsp3) is 0.545. The number of piperazine rings is 1. The van der Waals surface area contributed by atoms with Crippen molar-refractivity contribution in [1.29, 1.82) is 0 Å². The minimum Gasteiger partial charge on any atom is -0.481 e. The van der Waals surface area contributed by atoms with Gasteiger partial charge in [0.25, 0.3) is 5.91 Å². The van der Waals surface area contributed by atoms with Crippen LogP contribution in [0.4, 0.5) is 0 Å². The van der Waals surface area contributed by atoms with E-state index in [9.17, 15) is 4.79 Å². The van der Waals surface area contributed by atoms with Crippen molar-refractivity contribution >= 4 is 16.8 Å². The van der Waals surface area contributed by atoms with Crippen molar-refractivity contribution in [2.24, 2.45) is 0 Å². The predicted molar refractivity (Wildman–Crippen MR) is 111 cm³/mol. The number of carbonyl (C=O) groups excluding carboxylic acids is 1. The van der Waals surface area contributed by atoms with Gasteiger partial charge in [0.2, 0.25) is 5.88 Å². The second kappa shape index (κ2) is 8.05. The molecular formula is C22H30N4O2. The second-order valence-corrected chi connectivity index (χ2v) is 8.09. The third kappa shape index (κ3) is 3.71. The van der Waals surface area contributed by atoms with E-state index < -0.39 is 0 Å². The van der Waals surface area contributed by atoms with Gasteiger partial charge >= 0.3 is 0 Å². The molecule has 2 fully saturated rings. The van der Waals surface area contributed by atoms with Crippen molar-refractivity contribution in [3.8, 4) is 5.88 Å². The van der Waals surface area contributed by atoms with E-state index in [4.69, 9.17) is 4.74 Å². The van der Waals surface area contributed by atoms with Gasteiger partial charge < -0.3 is 9.64 Å². The summed E-state index contributed by atoms with van der Waals surface area (Å²) >= 11 is 0. The number of benzene rings is 1. The molecule has 1 amide bonds. The summed E-state index contributed by atoms with van der Waals surface area (Å²) in [5, 5.41) is 0.891. The normalized spacial score (nSPS) is 21.6. The Balaban J connectivity index is 1.48. The van der Waals surface area contributed by atoms with Crippen LogP contribution < -0.4 is 4.74 Å². The first-order valence-corrected chi connectivity index (χ1v) is 10.3. The van der Waals surface area contributed by atoms with Crippen molar-refractivity contribution in [1.82, 2.24) is 19.7 Å². The van der Waals surface area contributed by atoms with E-state index in [2.05, 4.69) is 28.6 Å². The zero-order valence-corrected chi connectivity index (χ0v) is 17.1. The maximum Gasteiger partial charge on any atom is 0.254 e. The zero-order valence-electron chi connectivity index (χ0n) is 17.1. The van der Waals surface area contributed by atoms with Crippen LogP contribution in [0, 0.1) is 0 Å². The van der Waals surface area contributed by atoms with Gasteiger partial charge in [-0.1, -0.05) is 18.2 Å². The summed E-state index contributed by atoms with van der Waals surface area (Å²) < 4.78 is 5.33. The molecule has 1 unspecified atom stereocenters. The van der Waals surface area contributed by atoms with Crippen molar-refractivity contribution in [2.75, 3.05) is 46.4 Å². The molecule has 2 saturated heterocycles. The summed E-state index contributed by atoms with van der Waals surface area (Å²) in [7, 11) is 1.59. The van der Waals surface area contributed by atoms with Crippen LogP contribution in [0.1, 0.15) is 30.6 Å². The summed E-state index contributed by atoms with van der Waals surface area (Å²) in [5.41, 5.74) is 1.48. The Morgan fingerprint density at radius 1 is 1.14 bits per heavy atom. The summed E-state index contributed by atoms with van der Waals surface area (Å²) in [6, 6.07) is 10.6. The number of nitrogens with zero attached hydrogens (tertiary/aromatic N) is 4. The van der Waals surface area contributed by atoms with Crippen molar-refractivity contribution in [3.05, 3.63) is 35.9 Å². The average Bonchev–Trinajstić information content (AvgIpc) is 3.22. The molecule has 4 rings (SSSR count). The number of para-hydroxylation sites is 1. The Labute approximate surface area is 167 Å². The highest BCUT2D eigenvalue weighted by Gasteiger charge is 2.33. The van der Waals surface area contributed by atoms with Crippen molar-refractivity contribution in [3.63, 3.8) is 0 Å². The molecule has 0 spiro atoms. The number of amides is 1. The van der Waals surface area contributed by atoms with Crippen LogP contribution in [0.25, 0.3) is 10.9 Å². The maximum atomic E-state index is 13.3. The van der Waals surface area contributed by atoms with Gasteiger partial charge in [-0.2, -0.15) is 0 Å². The van der Waals surface area contributed by atoms with E-state index in [1.165, 1.54) is 0 Å². The largest absolute Gasteiger partial charge is 0.481 e. The number of likely N-dealkylation sites (tertiary alicyclic amines) is 1. The Hall–Kier alpha value is -2.18. The summed E-state index contributed by atoms with van der Waals surface area (Å²) in [6.07, 6.45) is 1.05. The number of pyridine rings is 1. The molecule has 150 valence electrons. The van der Waals surface area contributed by atoms with Crippen LogP contribution in [0.15, 0.2) is 30.3 Å². The van der Waals surface area contributed by atoms with E-state index in [0.717, 1.165) is 56.6 Å². The highest BCUT2D eigenvalue weighted by Crippen LogP contribution is 2.26. The zero-order chi connectivity index (χ0) is 19.7. The second-order valence-electron chi connectivity index (χ2n) is 8.09.